The van der Waals surface area contributed by atoms with Gasteiger partial charge in [-0.25, -0.2) is 4.79 Å². The number of Topliss-reactive ketones (excluding diaryl/α,β-unsaturated/α-hetero) is 1. The molecule has 17 nitrogen and oxygen atoms in total. The summed E-state index contributed by atoms with van der Waals surface area (Å²) in [6.45, 7) is 5.08. The number of rotatable bonds is 28. The number of carbonyl (C=O) groups is 6. The first-order chi connectivity index (χ1) is 30.0. The van der Waals surface area contributed by atoms with E-state index in [1.807, 2.05) is 68.4 Å². The minimum absolute atomic E-state index is 0.0233. The van der Waals surface area contributed by atoms with Gasteiger partial charge in [0, 0.05) is 25.3 Å². The summed E-state index contributed by atoms with van der Waals surface area (Å²) in [6, 6.07) is 21.2. The van der Waals surface area contributed by atoms with E-state index in [1.54, 1.807) is 24.3 Å². The number of ketones is 1. The molecule has 17 heteroatoms. The summed E-state index contributed by atoms with van der Waals surface area (Å²) in [7, 11) is 0. The molecule has 4 rings (SSSR count). The fraction of sp³-hybridized carbons (Fsp3) is 0.444. The molecular formula is C45H56N6O11. The van der Waals surface area contributed by atoms with Gasteiger partial charge < -0.3 is 50.9 Å². The van der Waals surface area contributed by atoms with Crippen LogP contribution < -0.4 is 21.3 Å². The molecule has 332 valence electrons. The van der Waals surface area contributed by atoms with E-state index in [9.17, 15) is 28.8 Å². The van der Waals surface area contributed by atoms with Crippen LogP contribution in [-0.4, -0.2) is 123 Å². The van der Waals surface area contributed by atoms with Crippen molar-refractivity contribution in [3.63, 3.8) is 0 Å². The van der Waals surface area contributed by atoms with Crippen molar-refractivity contribution >= 4 is 41.8 Å². The summed E-state index contributed by atoms with van der Waals surface area (Å²) >= 11 is 0. The molecule has 0 saturated heterocycles. The molecule has 0 unspecified atom stereocenters. The van der Waals surface area contributed by atoms with Crippen molar-refractivity contribution in [3.8, 4) is 11.1 Å². The number of hydrogen-bond donors (Lipinski definition) is 5. The minimum atomic E-state index is -1.34. The van der Waals surface area contributed by atoms with E-state index in [1.165, 1.54) is 0 Å². The van der Waals surface area contributed by atoms with Crippen LogP contribution in [0.1, 0.15) is 62.1 Å². The first-order valence-corrected chi connectivity index (χ1v) is 20.7. The van der Waals surface area contributed by atoms with Crippen molar-refractivity contribution in [1.82, 2.24) is 21.3 Å². The van der Waals surface area contributed by atoms with Crippen molar-refractivity contribution < 1.29 is 57.6 Å². The summed E-state index contributed by atoms with van der Waals surface area (Å²) in [6.07, 6.45) is -0.435. The van der Waals surface area contributed by atoms with Crippen LogP contribution in [0, 0.1) is 5.92 Å². The maximum atomic E-state index is 14.0. The number of carbonyl (C=O) groups excluding carboxylic acids is 5. The SMILES string of the molecule is CC(C)C[C@H](NC(=O)OCC1c2ccccc2-c2ccccc21)C(=O)N[C@@H](CCC(=O)C=[N+]=[N-])C(=O)N[C@@H](Cc1ccccc1)C(=O)NCCOCCOCCOCCC(=O)O. The van der Waals surface area contributed by atoms with Gasteiger partial charge in [0.05, 0.1) is 46.1 Å². The molecule has 5 N–H and O–H groups in total. The summed E-state index contributed by atoms with van der Waals surface area (Å²) in [5, 5.41) is 19.5. The van der Waals surface area contributed by atoms with E-state index in [-0.39, 0.29) is 96.7 Å². The molecular weight excluding hydrogens is 801 g/mol. The number of carboxylic acid groups (broad SMARTS) is 1. The van der Waals surface area contributed by atoms with Crippen molar-refractivity contribution in [1.29, 1.82) is 0 Å². The van der Waals surface area contributed by atoms with Crippen LogP contribution in [0.4, 0.5) is 4.79 Å². The molecule has 0 radical (unpaired) electrons. The molecule has 1 aliphatic carbocycles. The van der Waals surface area contributed by atoms with Gasteiger partial charge in [0.25, 0.3) is 0 Å². The molecule has 62 heavy (non-hydrogen) atoms. The number of nitrogens with zero attached hydrogens (tertiary/aromatic N) is 2. The van der Waals surface area contributed by atoms with Crippen LogP contribution in [0.3, 0.4) is 0 Å². The van der Waals surface area contributed by atoms with Gasteiger partial charge in [-0.3, -0.25) is 24.0 Å². The molecule has 0 heterocycles. The fourth-order valence-electron chi connectivity index (χ4n) is 6.84. The Morgan fingerprint density at radius 1 is 0.694 bits per heavy atom. The Kier molecular flexibility index (Phi) is 20.4. The predicted molar refractivity (Wildman–Crippen MR) is 227 cm³/mol. The van der Waals surface area contributed by atoms with Crippen molar-refractivity contribution in [2.75, 3.05) is 52.8 Å². The third kappa shape index (κ3) is 16.3. The van der Waals surface area contributed by atoms with Crippen LogP contribution in [0.25, 0.3) is 16.7 Å². The number of hydrogen-bond acceptors (Lipinski definition) is 10. The zero-order valence-electron chi connectivity index (χ0n) is 35.1. The number of amides is 4. The Hall–Kier alpha value is -6.26. The van der Waals surface area contributed by atoms with Gasteiger partial charge in [-0.1, -0.05) is 92.7 Å². The van der Waals surface area contributed by atoms with Crippen LogP contribution in [-0.2, 0) is 49.3 Å². The third-order valence-corrected chi connectivity index (χ3v) is 9.84. The van der Waals surface area contributed by atoms with Crippen molar-refractivity contribution in [2.24, 2.45) is 5.92 Å². The lowest BCUT2D eigenvalue weighted by molar-refractivity contribution is -0.138. The van der Waals surface area contributed by atoms with Crippen molar-refractivity contribution in [2.45, 2.75) is 70.0 Å². The summed E-state index contributed by atoms with van der Waals surface area (Å²) in [5.74, 6) is -3.81. The lowest BCUT2D eigenvalue weighted by atomic mass is 9.98. The zero-order valence-corrected chi connectivity index (χ0v) is 35.1. The quantitative estimate of drug-likeness (QED) is 0.0307. The Bertz CT molecular complexity index is 1960. The maximum absolute atomic E-state index is 14.0. The lowest BCUT2D eigenvalue weighted by Crippen LogP contribution is -2.57. The Morgan fingerprint density at radius 2 is 1.26 bits per heavy atom. The average Bonchev–Trinajstić information content (AvgIpc) is 3.57. The minimum Gasteiger partial charge on any atom is -0.481 e. The second-order valence-corrected chi connectivity index (χ2v) is 15.0. The van der Waals surface area contributed by atoms with Gasteiger partial charge in [-0.05, 0) is 46.6 Å². The standard InChI is InChI=1S/C45H56N6O11/c1-30(2)26-39(51-45(58)62-29-37-35-14-8-6-12-33(35)34-13-7-9-15-36(34)37)44(57)49-38(17-16-32(52)28-48-46)43(56)50-40(27-31-10-4-3-5-11-31)42(55)47-19-21-60-23-25-61-24-22-59-20-18-41(53)54/h3-15,28,30,37-40H,16-27,29H2,1-2H3,(H,47,55)(H,49,57)(H,50,56)(H,51,58)(H,53,54)/t38-,39-,40-/m0/s1. The molecule has 0 bridgehead atoms. The molecule has 4 amide bonds. The van der Waals surface area contributed by atoms with Crippen LogP contribution in [0.15, 0.2) is 78.9 Å². The highest BCUT2D eigenvalue weighted by atomic mass is 16.6. The molecule has 0 aromatic heterocycles. The van der Waals surface area contributed by atoms with E-state index in [0.29, 0.717) is 6.21 Å². The van der Waals surface area contributed by atoms with Crippen LogP contribution >= 0.6 is 0 Å². The third-order valence-electron chi connectivity index (χ3n) is 9.84. The van der Waals surface area contributed by atoms with Crippen LogP contribution in [0.2, 0.25) is 0 Å². The highest BCUT2D eigenvalue weighted by Gasteiger charge is 2.33. The fourth-order valence-corrected chi connectivity index (χ4v) is 6.84. The van der Waals surface area contributed by atoms with E-state index in [4.69, 9.17) is 29.6 Å². The van der Waals surface area contributed by atoms with Crippen molar-refractivity contribution in [3.05, 3.63) is 101 Å². The number of alkyl carbamates (subject to hydrolysis) is 1. The topological polar surface area (TPSA) is 244 Å². The highest BCUT2D eigenvalue weighted by molar-refractivity contribution is 6.25. The first-order valence-electron chi connectivity index (χ1n) is 20.7. The highest BCUT2D eigenvalue weighted by Crippen LogP contribution is 2.44. The Morgan fingerprint density at radius 3 is 1.87 bits per heavy atom. The largest absolute Gasteiger partial charge is 0.481 e. The van der Waals surface area contributed by atoms with Gasteiger partial charge in [0.15, 0.2) is 0 Å². The molecule has 3 aromatic carbocycles. The Balaban J connectivity index is 1.37. The number of fused-ring (bicyclic) bond motifs is 3. The number of carboxylic acids is 1. The van der Waals surface area contributed by atoms with E-state index in [0.717, 1.165) is 27.8 Å². The van der Waals surface area contributed by atoms with Crippen LogP contribution in [0.5, 0.6) is 0 Å². The van der Waals surface area contributed by atoms with Gasteiger partial charge in [-0.2, -0.15) is 4.79 Å². The lowest BCUT2D eigenvalue weighted by Gasteiger charge is -2.26. The Labute approximate surface area is 360 Å². The van der Waals surface area contributed by atoms with Gasteiger partial charge in [0.2, 0.25) is 23.5 Å². The smallest absolute Gasteiger partial charge is 0.407 e. The molecule has 0 aliphatic heterocycles. The average molecular weight is 857 g/mol. The number of aliphatic carboxylic acids is 1. The second-order valence-electron chi connectivity index (χ2n) is 15.0. The summed E-state index contributed by atoms with van der Waals surface area (Å²) < 4.78 is 21.8. The van der Waals surface area contributed by atoms with Gasteiger partial charge in [0.1, 0.15) is 24.7 Å². The van der Waals surface area contributed by atoms with Gasteiger partial charge >= 0.3 is 18.3 Å². The molecule has 0 spiro atoms. The summed E-state index contributed by atoms with van der Waals surface area (Å²) in [5.41, 5.74) is 13.8. The van der Waals surface area contributed by atoms with Gasteiger partial charge in [-0.15, -0.1) is 0 Å². The van der Waals surface area contributed by atoms with E-state index < -0.39 is 53.7 Å². The molecule has 0 saturated carbocycles. The first kappa shape index (κ1) is 48.4. The number of benzene rings is 3. The number of ether oxygens (including phenoxy) is 4. The maximum Gasteiger partial charge on any atom is 0.407 e. The monoisotopic (exact) mass is 856 g/mol. The summed E-state index contributed by atoms with van der Waals surface area (Å²) in [4.78, 5) is 80.4. The predicted octanol–water partition coefficient (Wildman–Crippen LogP) is 3.44. The zero-order chi connectivity index (χ0) is 44.7. The molecule has 3 atom stereocenters. The second kappa shape index (κ2) is 26.2. The van der Waals surface area contributed by atoms with E-state index >= 15 is 0 Å². The normalized spacial score (nSPS) is 13.1. The molecule has 0 fully saturated rings. The van der Waals surface area contributed by atoms with E-state index in [2.05, 4.69) is 26.1 Å². The number of nitrogens with one attached hydrogen (secondary N) is 4. The molecule has 1 aliphatic rings. The molecule has 3 aromatic rings.